The van der Waals surface area contributed by atoms with Gasteiger partial charge in [-0.1, -0.05) is 36.4 Å². The highest BCUT2D eigenvalue weighted by atomic mass is 35.7. The summed E-state index contributed by atoms with van der Waals surface area (Å²) in [4.78, 5) is 0. The summed E-state index contributed by atoms with van der Waals surface area (Å²) in [6.45, 7) is 0. The largest absolute Gasteiger partial charge is 0.497 e. The summed E-state index contributed by atoms with van der Waals surface area (Å²) >= 11 is 0. The summed E-state index contributed by atoms with van der Waals surface area (Å²) < 4.78 is 41.6. The first kappa shape index (κ1) is 22.4. The van der Waals surface area contributed by atoms with Crippen molar-refractivity contribution in [2.75, 3.05) is 7.11 Å². The van der Waals surface area contributed by atoms with Gasteiger partial charge in [-0.15, -0.1) is 10.2 Å². The molecule has 0 N–H and O–H groups in total. The molecule has 0 amide bonds. The monoisotopic (exact) mass is 437 g/mol. The average molecular weight is 438 g/mol. The minimum atomic E-state index is -4.94. The summed E-state index contributed by atoms with van der Waals surface area (Å²) in [6, 6.07) is 35.6. The lowest BCUT2D eigenvalue weighted by Crippen LogP contribution is -2.68. The second-order valence-electron chi connectivity index (χ2n) is 6.44. The number of pyridine rings is 1. The number of hydrogen-bond donors (Lipinski definition) is 0. The lowest BCUT2D eigenvalue weighted by atomic mass is 10.1. The lowest BCUT2D eigenvalue weighted by Gasteiger charge is -2.17. The number of benzene rings is 3. The van der Waals surface area contributed by atoms with E-state index in [0.717, 1.165) is 22.8 Å². The molecule has 0 unspecified atom stereocenters. The summed E-state index contributed by atoms with van der Waals surface area (Å²) in [5.74, 6) is 0.854. The molecule has 0 saturated carbocycles. The van der Waals surface area contributed by atoms with Crippen LogP contribution in [0.1, 0.15) is 0 Å². The van der Waals surface area contributed by atoms with Gasteiger partial charge in [0.2, 0.25) is 17.1 Å². The Labute approximate surface area is 182 Å². The van der Waals surface area contributed by atoms with Gasteiger partial charge in [0.05, 0.1) is 7.11 Å². The average Bonchev–Trinajstić information content (AvgIpc) is 2.79. The van der Waals surface area contributed by atoms with Gasteiger partial charge in [-0.3, -0.25) is 0 Å². The quantitative estimate of drug-likeness (QED) is 0.433. The molecule has 0 saturated heterocycles. The molecule has 158 valence electrons. The standard InChI is InChI=1S/C24H20NO.ClHO4/c1-26-22-17-15-21(16-18-22)25-23(19-9-4-2-5-10-19)13-8-14-24(25)20-11-6-3-7-12-20;2-1(3,4)5/h2-18H,1H3;(H,2,3,4,5)/q+1;/p-1. The van der Waals surface area contributed by atoms with Crippen molar-refractivity contribution < 1.29 is 38.2 Å². The first-order valence-corrected chi connectivity index (χ1v) is 10.5. The number of hydrogen-bond acceptors (Lipinski definition) is 5. The normalized spacial score (nSPS) is 10.7. The SMILES string of the molecule is COc1ccc(-[n+]2c(-c3ccccc3)cccc2-c2ccccc2)cc1.[O-][Cl+3]([O-])([O-])[O-]. The number of halogens is 1. The van der Waals surface area contributed by atoms with Crippen LogP contribution in [0.2, 0.25) is 0 Å². The van der Waals surface area contributed by atoms with Crippen LogP contribution >= 0.6 is 0 Å². The van der Waals surface area contributed by atoms with Crippen LogP contribution in [0.5, 0.6) is 5.75 Å². The molecule has 7 heteroatoms. The number of methoxy groups -OCH3 is 1. The van der Waals surface area contributed by atoms with Crippen LogP contribution in [0.25, 0.3) is 28.2 Å². The molecule has 0 radical (unpaired) electrons. The minimum Gasteiger partial charge on any atom is -0.497 e. The second kappa shape index (κ2) is 10.2. The van der Waals surface area contributed by atoms with Gasteiger partial charge in [0, 0.05) is 35.4 Å². The highest BCUT2D eigenvalue weighted by Crippen LogP contribution is 2.24. The first-order valence-electron chi connectivity index (χ1n) is 9.29. The molecule has 4 rings (SSSR count). The Bertz CT molecular complexity index is 1030. The molecule has 1 aromatic heterocycles. The van der Waals surface area contributed by atoms with Crippen molar-refractivity contribution >= 4 is 0 Å². The topological polar surface area (TPSA) is 105 Å². The van der Waals surface area contributed by atoms with Crippen LogP contribution in [0.4, 0.5) is 0 Å². The van der Waals surface area contributed by atoms with E-state index in [9.17, 15) is 0 Å². The number of nitrogens with zero attached hydrogens (tertiary/aromatic N) is 1. The second-order valence-corrected chi connectivity index (χ2v) is 7.20. The lowest BCUT2D eigenvalue weighted by molar-refractivity contribution is -2.00. The molecule has 0 bridgehead atoms. The van der Waals surface area contributed by atoms with E-state index in [1.807, 2.05) is 24.3 Å². The summed E-state index contributed by atoms with van der Waals surface area (Å²) in [5, 5.41) is 0. The van der Waals surface area contributed by atoms with E-state index in [1.54, 1.807) is 7.11 Å². The fraction of sp³-hybridized carbons (Fsp3) is 0.0417. The van der Waals surface area contributed by atoms with Crippen molar-refractivity contribution in [1.29, 1.82) is 0 Å². The van der Waals surface area contributed by atoms with Gasteiger partial charge in [0.15, 0.2) is 0 Å². The molecular formula is C24H20ClNO5. The Morgan fingerprint density at radius 2 is 1.00 bits per heavy atom. The smallest absolute Gasteiger partial charge is 0.219 e. The van der Waals surface area contributed by atoms with E-state index >= 15 is 0 Å². The van der Waals surface area contributed by atoms with E-state index in [1.165, 1.54) is 11.1 Å². The summed E-state index contributed by atoms with van der Waals surface area (Å²) in [7, 11) is -3.25. The van der Waals surface area contributed by atoms with Crippen LogP contribution in [0, 0.1) is 10.2 Å². The van der Waals surface area contributed by atoms with Gasteiger partial charge >= 0.3 is 0 Å². The summed E-state index contributed by atoms with van der Waals surface area (Å²) in [6.07, 6.45) is 0. The highest BCUT2D eigenvalue weighted by molar-refractivity contribution is 5.62. The van der Waals surface area contributed by atoms with Gasteiger partial charge in [0.1, 0.15) is 5.75 Å². The van der Waals surface area contributed by atoms with Crippen LogP contribution in [-0.2, 0) is 0 Å². The molecule has 31 heavy (non-hydrogen) atoms. The predicted octanol–water partition coefficient (Wildman–Crippen LogP) is 0.550. The van der Waals surface area contributed by atoms with Gasteiger partial charge in [0.25, 0.3) is 0 Å². The third-order valence-corrected chi connectivity index (χ3v) is 4.46. The van der Waals surface area contributed by atoms with E-state index in [0.29, 0.717) is 0 Å². The van der Waals surface area contributed by atoms with Crippen LogP contribution in [0.15, 0.2) is 103 Å². The van der Waals surface area contributed by atoms with Gasteiger partial charge in [-0.05, 0) is 42.5 Å². The zero-order chi connectivity index (χ0) is 22.3. The van der Waals surface area contributed by atoms with Gasteiger partial charge in [-0.2, -0.15) is 4.57 Å². The molecular weight excluding hydrogens is 418 g/mol. The van der Waals surface area contributed by atoms with Crippen LogP contribution < -0.4 is 27.9 Å². The fourth-order valence-electron chi connectivity index (χ4n) is 3.19. The Hall–Kier alpha value is -3.26. The van der Waals surface area contributed by atoms with Gasteiger partial charge < -0.3 is 4.74 Å². The molecule has 0 aliphatic rings. The molecule has 0 spiro atoms. The Kier molecular flexibility index (Phi) is 7.36. The fourth-order valence-corrected chi connectivity index (χ4v) is 3.19. The van der Waals surface area contributed by atoms with E-state index in [2.05, 4.69) is 83.4 Å². The first-order chi connectivity index (χ1) is 14.9. The molecule has 0 atom stereocenters. The van der Waals surface area contributed by atoms with Crippen molar-refractivity contribution in [3.05, 3.63) is 103 Å². The molecule has 0 aliphatic heterocycles. The number of ether oxygens (including phenoxy) is 1. The Morgan fingerprint density at radius 1 is 0.581 bits per heavy atom. The zero-order valence-corrected chi connectivity index (χ0v) is 17.4. The third-order valence-electron chi connectivity index (χ3n) is 4.46. The highest BCUT2D eigenvalue weighted by Gasteiger charge is 2.22. The Morgan fingerprint density at radius 3 is 1.39 bits per heavy atom. The summed E-state index contributed by atoms with van der Waals surface area (Å²) in [5.41, 5.74) is 5.76. The van der Waals surface area contributed by atoms with Crippen molar-refractivity contribution in [2.24, 2.45) is 0 Å². The maximum atomic E-state index is 8.49. The number of rotatable bonds is 4. The molecule has 1 heterocycles. The maximum Gasteiger partial charge on any atom is 0.219 e. The third kappa shape index (κ3) is 6.36. The minimum absolute atomic E-state index is 0.854. The van der Waals surface area contributed by atoms with Crippen LogP contribution in [-0.4, -0.2) is 7.11 Å². The molecule has 6 nitrogen and oxygen atoms in total. The van der Waals surface area contributed by atoms with Crippen molar-refractivity contribution in [2.45, 2.75) is 0 Å². The molecule has 3 aromatic carbocycles. The van der Waals surface area contributed by atoms with Crippen LogP contribution in [0.3, 0.4) is 0 Å². The molecule has 4 aromatic rings. The number of aromatic nitrogens is 1. The maximum absolute atomic E-state index is 8.49. The zero-order valence-electron chi connectivity index (χ0n) is 16.7. The van der Waals surface area contributed by atoms with E-state index in [4.69, 9.17) is 23.4 Å². The molecule has 0 fully saturated rings. The van der Waals surface area contributed by atoms with Gasteiger partial charge in [-0.25, -0.2) is 18.6 Å². The molecule has 0 aliphatic carbocycles. The van der Waals surface area contributed by atoms with E-state index < -0.39 is 10.2 Å². The Balaban J connectivity index is 0.000000491. The van der Waals surface area contributed by atoms with E-state index in [-0.39, 0.29) is 0 Å². The van der Waals surface area contributed by atoms with Crippen molar-refractivity contribution in [3.63, 3.8) is 0 Å². The van der Waals surface area contributed by atoms with Crippen molar-refractivity contribution in [1.82, 2.24) is 0 Å². The van der Waals surface area contributed by atoms with Crippen molar-refractivity contribution in [3.8, 4) is 34.0 Å². The predicted molar refractivity (Wildman–Crippen MR) is 105 cm³/mol.